The van der Waals surface area contributed by atoms with Gasteiger partial charge in [0.05, 0.1) is 5.69 Å². The highest BCUT2D eigenvalue weighted by Crippen LogP contribution is 2.27. The number of fused-ring (bicyclic) bond motifs is 1. The number of halogens is 2. The van der Waals surface area contributed by atoms with Crippen LogP contribution in [-0.4, -0.2) is 18.4 Å². The monoisotopic (exact) mass is 302 g/mol. The number of rotatable bonds is 1. The Balaban J connectivity index is 1.77. The van der Waals surface area contributed by atoms with Crippen molar-refractivity contribution in [2.24, 2.45) is 0 Å². The molecule has 2 aromatic rings. The second kappa shape index (κ2) is 5.55. The van der Waals surface area contributed by atoms with E-state index in [4.69, 9.17) is 0 Å². The van der Waals surface area contributed by atoms with Gasteiger partial charge in [0.2, 0.25) is 0 Å². The molecule has 0 saturated carbocycles. The molecule has 0 unspecified atom stereocenters. The van der Waals surface area contributed by atoms with Crippen LogP contribution >= 0.6 is 0 Å². The van der Waals surface area contributed by atoms with E-state index in [1.165, 1.54) is 4.90 Å². The Morgan fingerprint density at radius 2 is 1.86 bits per heavy atom. The first-order chi connectivity index (χ1) is 10.6. The number of para-hydroxylation sites is 1. The van der Waals surface area contributed by atoms with Crippen molar-refractivity contribution < 1.29 is 18.4 Å². The third-order valence-electron chi connectivity index (χ3n) is 3.51. The van der Waals surface area contributed by atoms with Crippen molar-refractivity contribution >= 4 is 23.2 Å². The van der Waals surface area contributed by atoms with E-state index in [9.17, 15) is 18.4 Å². The van der Waals surface area contributed by atoms with Gasteiger partial charge < -0.3 is 10.2 Å². The number of nitrogens with one attached hydrogen (secondary N) is 1. The predicted molar refractivity (Wildman–Crippen MR) is 77.5 cm³/mol. The van der Waals surface area contributed by atoms with Crippen LogP contribution in [0.3, 0.4) is 0 Å². The minimum atomic E-state index is -0.956. The molecule has 0 bridgehead atoms. The molecule has 4 nitrogen and oxygen atoms in total. The number of hydrogen-bond acceptors (Lipinski definition) is 2. The van der Waals surface area contributed by atoms with Crippen LogP contribution in [0.25, 0.3) is 0 Å². The standard InChI is InChI=1S/C16H12F2N2O2/c17-11-5-6-13(12(18)9-11)19-15(21)16(22)20-8-7-10-3-1-2-4-14(10)20/h1-6,9H,7-8H2,(H,19,21). The lowest BCUT2D eigenvalue weighted by Gasteiger charge is -2.16. The number of hydrogen-bond donors (Lipinski definition) is 1. The molecular formula is C16H12F2N2O2. The molecule has 2 amide bonds. The topological polar surface area (TPSA) is 49.4 Å². The zero-order valence-electron chi connectivity index (χ0n) is 11.5. The van der Waals surface area contributed by atoms with Crippen molar-refractivity contribution in [3.63, 3.8) is 0 Å². The van der Waals surface area contributed by atoms with Gasteiger partial charge in [0.1, 0.15) is 11.6 Å². The summed E-state index contributed by atoms with van der Waals surface area (Å²) in [5.74, 6) is -3.41. The lowest BCUT2D eigenvalue weighted by molar-refractivity contribution is -0.134. The molecule has 0 saturated heterocycles. The Kier molecular flexibility index (Phi) is 3.58. The molecular weight excluding hydrogens is 290 g/mol. The SMILES string of the molecule is O=C(Nc1ccc(F)cc1F)C(=O)N1CCc2ccccc21. The Morgan fingerprint density at radius 3 is 2.64 bits per heavy atom. The summed E-state index contributed by atoms with van der Waals surface area (Å²) in [5, 5.41) is 2.17. The summed E-state index contributed by atoms with van der Waals surface area (Å²) in [6.07, 6.45) is 0.667. The molecule has 1 heterocycles. The van der Waals surface area contributed by atoms with Crippen LogP contribution in [0.5, 0.6) is 0 Å². The fraction of sp³-hybridized carbons (Fsp3) is 0.125. The summed E-state index contributed by atoms with van der Waals surface area (Å²) in [4.78, 5) is 25.5. The summed E-state index contributed by atoms with van der Waals surface area (Å²) in [6.45, 7) is 0.400. The maximum Gasteiger partial charge on any atom is 0.316 e. The van der Waals surface area contributed by atoms with Gasteiger partial charge in [-0.2, -0.15) is 0 Å². The molecule has 0 atom stereocenters. The fourth-order valence-corrected chi connectivity index (χ4v) is 2.44. The highest BCUT2D eigenvalue weighted by molar-refractivity contribution is 6.44. The van der Waals surface area contributed by atoms with Gasteiger partial charge in [-0.1, -0.05) is 18.2 Å². The zero-order chi connectivity index (χ0) is 15.7. The van der Waals surface area contributed by atoms with Crippen LogP contribution in [0.15, 0.2) is 42.5 Å². The van der Waals surface area contributed by atoms with Crippen LogP contribution in [0, 0.1) is 11.6 Å². The van der Waals surface area contributed by atoms with Gasteiger partial charge in [0.15, 0.2) is 0 Å². The van der Waals surface area contributed by atoms with E-state index >= 15 is 0 Å². The highest BCUT2D eigenvalue weighted by Gasteiger charge is 2.29. The lowest BCUT2D eigenvalue weighted by Crippen LogP contribution is -2.38. The van der Waals surface area contributed by atoms with Crippen molar-refractivity contribution in [1.29, 1.82) is 0 Å². The molecule has 0 fully saturated rings. The second-order valence-corrected chi connectivity index (χ2v) is 4.91. The zero-order valence-corrected chi connectivity index (χ0v) is 11.5. The molecule has 2 aromatic carbocycles. The van der Waals surface area contributed by atoms with Crippen molar-refractivity contribution in [2.45, 2.75) is 6.42 Å². The van der Waals surface area contributed by atoms with Gasteiger partial charge in [-0.15, -0.1) is 0 Å². The first-order valence-corrected chi connectivity index (χ1v) is 6.72. The summed E-state index contributed by atoms with van der Waals surface area (Å²) in [6, 6.07) is 10.0. The van der Waals surface area contributed by atoms with Gasteiger partial charge in [0, 0.05) is 18.3 Å². The molecule has 0 aliphatic carbocycles. The van der Waals surface area contributed by atoms with Gasteiger partial charge in [-0.05, 0) is 30.2 Å². The molecule has 1 N–H and O–H groups in total. The van der Waals surface area contributed by atoms with Crippen LogP contribution in [-0.2, 0) is 16.0 Å². The number of carbonyl (C=O) groups is 2. The van der Waals surface area contributed by atoms with Crippen LogP contribution in [0.2, 0.25) is 0 Å². The molecule has 112 valence electrons. The van der Waals surface area contributed by atoms with Crippen molar-refractivity contribution in [1.82, 2.24) is 0 Å². The number of nitrogens with zero attached hydrogens (tertiary/aromatic N) is 1. The largest absolute Gasteiger partial charge is 0.316 e. The normalized spacial score (nSPS) is 12.9. The van der Waals surface area contributed by atoms with Gasteiger partial charge in [0.25, 0.3) is 0 Å². The molecule has 6 heteroatoms. The Labute approximate surface area is 125 Å². The molecule has 22 heavy (non-hydrogen) atoms. The Hall–Kier alpha value is -2.76. The van der Waals surface area contributed by atoms with Crippen molar-refractivity contribution in [2.75, 3.05) is 16.8 Å². The number of anilines is 2. The molecule has 0 aromatic heterocycles. The molecule has 0 radical (unpaired) electrons. The third kappa shape index (κ3) is 2.55. The van der Waals surface area contributed by atoms with Crippen LogP contribution in [0.1, 0.15) is 5.56 Å². The third-order valence-corrected chi connectivity index (χ3v) is 3.51. The minimum Gasteiger partial charge on any atom is -0.315 e. The van der Waals surface area contributed by atoms with Gasteiger partial charge in [-0.25, -0.2) is 8.78 Å². The minimum absolute atomic E-state index is 0.229. The Bertz CT molecular complexity index is 762. The Morgan fingerprint density at radius 1 is 1.09 bits per heavy atom. The van der Waals surface area contributed by atoms with Crippen molar-refractivity contribution in [3.8, 4) is 0 Å². The molecule has 1 aliphatic heterocycles. The number of benzene rings is 2. The van der Waals surface area contributed by atoms with E-state index in [-0.39, 0.29) is 5.69 Å². The van der Waals surface area contributed by atoms with Crippen LogP contribution < -0.4 is 10.2 Å². The van der Waals surface area contributed by atoms with E-state index in [0.29, 0.717) is 24.7 Å². The maximum atomic E-state index is 13.5. The quantitative estimate of drug-likeness (QED) is 0.823. The van der Waals surface area contributed by atoms with Crippen molar-refractivity contribution in [3.05, 3.63) is 59.7 Å². The predicted octanol–water partition coefficient (Wildman–Crippen LogP) is 2.49. The smallest absolute Gasteiger partial charge is 0.315 e. The summed E-state index contributed by atoms with van der Waals surface area (Å²) in [5.41, 5.74) is 1.44. The summed E-state index contributed by atoms with van der Waals surface area (Å²) in [7, 11) is 0. The van der Waals surface area contributed by atoms with E-state index < -0.39 is 23.4 Å². The lowest BCUT2D eigenvalue weighted by atomic mass is 10.2. The van der Waals surface area contributed by atoms with Gasteiger partial charge in [-0.3, -0.25) is 9.59 Å². The first-order valence-electron chi connectivity index (χ1n) is 6.72. The average molecular weight is 302 g/mol. The number of amides is 2. The fourth-order valence-electron chi connectivity index (χ4n) is 2.44. The van der Waals surface area contributed by atoms with Crippen LogP contribution in [0.4, 0.5) is 20.2 Å². The highest BCUT2D eigenvalue weighted by atomic mass is 19.1. The van der Waals surface area contributed by atoms with E-state index in [1.54, 1.807) is 12.1 Å². The summed E-state index contributed by atoms with van der Waals surface area (Å²) >= 11 is 0. The van der Waals surface area contributed by atoms with E-state index in [1.807, 2.05) is 12.1 Å². The summed E-state index contributed by atoms with van der Waals surface area (Å²) < 4.78 is 26.3. The second-order valence-electron chi connectivity index (χ2n) is 4.91. The van der Waals surface area contributed by atoms with E-state index in [0.717, 1.165) is 17.7 Å². The average Bonchev–Trinajstić information content (AvgIpc) is 2.93. The molecule has 1 aliphatic rings. The van der Waals surface area contributed by atoms with E-state index in [2.05, 4.69) is 5.32 Å². The van der Waals surface area contributed by atoms with Gasteiger partial charge >= 0.3 is 11.8 Å². The molecule has 3 rings (SSSR count). The first kappa shape index (κ1) is 14.2. The maximum absolute atomic E-state index is 13.5. The molecule has 0 spiro atoms. The number of carbonyl (C=O) groups excluding carboxylic acids is 2.